The van der Waals surface area contributed by atoms with Crippen LogP contribution in [0.4, 0.5) is 5.69 Å². The lowest BCUT2D eigenvalue weighted by atomic mass is 10.1. The van der Waals surface area contributed by atoms with Crippen LogP contribution in [0.25, 0.3) is 0 Å². The predicted octanol–water partition coefficient (Wildman–Crippen LogP) is 3.79. The van der Waals surface area contributed by atoms with Crippen LogP contribution in [0.5, 0.6) is 0 Å². The van der Waals surface area contributed by atoms with Crippen LogP contribution in [-0.2, 0) is 12.8 Å². The molecule has 0 saturated carbocycles. The van der Waals surface area contributed by atoms with Crippen LogP contribution < -0.4 is 5.32 Å². The van der Waals surface area contributed by atoms with Gasteiger partial charge in [0.25, 0.3) is 0 Å². The zero-order valence-electron chi connectivity index (χ0n) is 10.4. The second-order valence-corrected chi connectivity index (χ2v) is 5.20. The number of benzene rings is 2. The van der Waals surface area contributed by atoms with E-state index in [1.54, 1.807) is 6.07 Å². The molecule has 0 saturated heterocycles. The van der Waals surface area contributed by atoms with Gasteiger partial charge < -0.3 is 5.32 Å². The van der Waals surface area contributed by atoms with Crippen LogP contribution in [0, 0.1) is 11.3 Å². The lowest BCUT2D eigenvalue weighted by Crippen LogP contribution is -2.20. The molecule has 94 valence electrons. The molecule has 2 aromatic rings. The summed E-state index contributed by atoms with van der Waals surface area (Å²) in [5.41, 5.74) is 4.13. The van der Waals surface area contributed by atoms with E-state index in [0.29, 0.717) is 16.6 Å². The Balaban J connectivity index is 1.82. The molecule has 0 aliphatic heterocycles. The highest BCUT2D eigenvalue weighted by Crippen LogP contribution is 2.28. The zero-order chi connectivity index (χ0) is 13.2. The lowest BCUT2D eigenvalue weighted by molar-refractivity contribution is 0.774. The van der Waals surface area contributed by atoms with Crippen molar-refractivity contribution in [2.75, 3.05) is 5.32 Å². The van der Waals surface area contributed by atoms with E-state index in [1.807, 2.05) is 12.1 Å². The highest BCUT2D eigenvalue weighted by Gasteiger charge is 2.21. The molecule has 0 spiro atoms. The van der Waals surface area contributed by atoms with Crippen LogP contribution in [0.2, 0.25) is 5.02 Å². The molecule has 19 heavy (non-hydrogen) atoms. The largest absolute Gasteiger partial charge is 0.381 e. The maximum atomic E-state index is 9.17. The first-order valence-corrected chi connectivity index (χ1v) is 6.67. The van der Waals surface area contributed by atoms with Crippen molar-refractivity contribution in [1.29, 1.82) is 5.26 Å². The van der Waals surface area contributed by atoms with Gasteiger partial charge in [0.05, 0.1) is 16.3 Å². The predicted molar refractivity (Wildman–Crippen MR) is 77.4 cm³/mol. The summed E-state index contributed by atoms with van der Waals surface area (Å²) in [4.78, 5) is 0. The van der Waals surface area contributed by atoms with Crippen LogP contribution in [0.1, 0.15) is 16.7 Å². The third-order valence-electron chi connectivity index (χ3n) is 3.54. The molecule has 0 atom stereocenters. The fraction of sp³-hybridized carbons (Fsp3) is 0.188. The van der Waals surface area contributed by atoms with Gasteiger partial charge in [-0.3, -0.25) is 0 Å². The average Bonchev–Trinajstić information content (AvgIpc) is 2.81. The smallest absolute Gasteiger partial charge is 0.103 e. The summed E-state index contributed by atoms with van der Waals surface area (Å²) in [5, 5.41) is 13.1. The Morgan fingerprint density at radius 3 is 2.37 bits per heavy atom. The minimum Gasteiger partial charge on any atom is -0.381 e. The van der Waals surface area contributed by atoms with Crippen molar-refractivity contribution < 1.29 is 0 Å². The third-order valence-corrected chi connectivity index (χ3v) is 3.85. The summed E-state index contributed by atoms with van der Waals surface area (Å²) in [5.74, 6) is 0. The second-order valence-electron chi connectivity index (χ2n) is 4.79. The van der Waals surface area contributed by atoms with Crippen molar-refractivity contribution in [2.45, 2.75) is 18.9 Å². The molecule has 1 aliphatic carbocycles. The molecule has 3 heteroatoms. The van der Waals surface area contributed by atoms with E-state index >= 15 is 0 Å². The first-order chi connectivity index (χ1) is 9.28. The maximum Gasteiger partial charge on any atom is 0.103 e. The number of fused-ring (bicyclic) bond motifs is 1. The molecular formula is C16H13ClN2. The molecule has 3 rings (SSSR count). The Labute approximate surface area is 117 Å². The monoisotopic (exact) mass is 268 g/mol. The molecule has 1 N–H and O–H groups in total. The molecule has 1 aliphatic rings. The van der Waals surface area contributed by atoms with E-state index in [0.717, 1.165) is 18.5 Å². The maximum absolute atomic E-state index is 9.17. The standard InChI is InChI=1S/C16H13ClN2/c17-15-6-3-7-16(14(15)10-18)19-13-8-11-4-1-2-5-12(11)9-13/h1-7,13,19H,8-9H2. The molecule has 0 amide bonds. The normalized spacial score (nSPS) is 13.9. The van der Waals surface area contributed by atoms with Gasteiger partial charge in [-0.15, -0.1) is 0 Å². The molecule has 0 radical (unpaired) electrons. The van der Waals surface area contributed by atoms with E-state index in [-0.39, 0.29) is 0 Å². The number of halogens is 1. The number of nitriles is 1. The number of hydrogen-bond donors (Lipinski definition) is 1. The van der Waals surface area contributed by atoms with Crippen molar-refractivity contribution in [2.24, 2.45) is 0 Å². The van der Waals surface area contributed by atoms with Crippen LogP contribution in [0.15, 0.2) is 42.5 Å². The summed E-state index contributed by atoms with van der Waals surface area (Å²) in [7, 11) is 0. The van der Waals surface area contributed by atoms with Crippen molar-refractivity contribution in [1.82, 2.24) is 0 Å². The van der Waals surface area contributed by atoms with Gasteiger partial charge in [0, 0.05) is 6.04 Å². The van der Waals surface area contributed by atoms with Gasteiger partial charge in [-0.25, -0.2) is 0 Å². The fourth-order valence-corrected chi connectivity index (χ4v) is 2.86. The first-order valence-electron chi connectivity index (χ1n) is 6.30. The SMILES string of the molecule is N#Cc1c(Cl)cccc1NC1Cc2ccccc2C1. The molecule has 2 nitrogen and oxygen atoms in total. The minimum absolute atomic E-state index is 0.336. The van der Waals surface area contributed by atoms with E-state index in [4.69, 9.17) is 11.6 Å². The van der Waals surface area contributed by atoms with E-state index in [2.05, 4.69) is 35.7 Å². The highest BCUT2D eigenvalue weighted by atomic mass is 35.5. The number of nitrogens with zero attached hydrogens (tertiary/aromatic N) is 1. The van der Waals surface area contributed by atoms with Gasteiger partial charge in [-0.2, -0.15) is 5.26 Å². The molecule has 0 heterocycles. The fourth-order valence-electron chi connectivity index (χ4n) is 2.64. The molecular weight excluding hydrogens is 256 g/mol. The third kappa shape index (κ3) is 2.30. The summed E-state index contributed by atoms with van der Waals surface area (Å²) >= 11 is 6.04. The quantitative estimate of drug-likeness (QED) is 0.899. The summed E-state index contributed by atoms with van der Waals surface area (Å²) in [6.45, 7) is 0. The van der Waals surface area contributed by atoms with E-state index in [1.165, 1.54) is 11.1 Å². The van der Waals surface area contributed by atoms with Crippen molar-refractivity contribution in [3.63, 3.8) is 0 Å². The minimum atomic E-state index is 0.336. The number of anilines is 1. The zero-order valence-corrected chi connectivity index (χ0v) is 11.1. The van der Waals surface area contributed by atoms with Gasteiger partial charge in [0.1, 0.15) is 6.07 Å². The van der Waals surface area contributed by atoms with E-state index in [9.17, 15) is 5.26 Å². The summed E-state index contributed by atoms with van der Waals surface area (Å²) < 4.78 is 0. The van der Waals surface area contributed by atoms with Crippen LogP contribution >= 0.6 is 11.6 Å². The van der Waals surface area contributed by atoms with Crippen molar-refractivity contribution in [3.05, 3.63) is 64.2 Å². The van der Waals surface area contributed by atoms with E-state index < -0.39 is 0 Å². The molecule has 0 aromatic heterocycles. The second kappa shape index (κ2) is 4.95. The van der Waals surface area contributed by atoms with Gasteiger partial charge in [0.2, 0.25) is 0 Å². The average molecular weight is 269 g/mol. The van der Waals surface area contributed by atoms with Crippen LogP contribution in [-0.4, -0.2) is 6.04 Å². The van der Waals surface area contributed by atoms with Gasteiger partial charge in [-0.1, -0.05) is 41.9 Å². The molecule has 0 bridgehead atoms. The van der Waals surface area contributed by atoms with Crippen LogP contribution in [0.3, 0.4) is 0 Å². The number of nitrogens with one attached hydrogen (secondary N) is 1. The Kier molecular flexibility index (Phi) is 3.15. The highest BCUT2D eigenvalue weighted by molar-refractivity contribution is 6.32. The lowest BCUT2D eigenvalue weighted by Gasteiger charge is -2.15. The summed E-state index contributed by atoms with van der Waals surface area (Å²) in [6, 6.07) is 16.5. The van der Waals surface area contributed by atoms with Gasteiger partial charge in [-0.05, 0) is 36.1 Å². The Morgan fingerprint density at radius 1 is 1.05 bits per heavy atom. The Hall–Kier alpha value is -1.98. The number of hydrogen-bond acceptors (Lipinski definition) is 2. The Morgan fingerprint density at radius 2 is 1.74 bits per heavy atom. The van der Waals surface area contributed by atoms with Gasteiger partial charge in [0.15, 0.2) is 0 Å². The Bertz CT molecular complexity index is 633. The van der Waals surface area contributed by atoms with Crippen molar-refractivity contribution >= 4 is 17.3 Å². The number of rotatable bonds is 2. The summed E-state index contributed by atoms with van der Waals surface area (Å²) in [6.07, 6.45) is 1.99. The van der Waals surface area contributed by atoms with Crippen molar-refractivity contribution in [3.8, 4) is 6.07 Å². The first kappa shape index (κ1) is 12.1. The molecule has 2 aromatic carbocycles. The topological polar surface area (TPSA) is 35.8 Å². The molecule has 0 fully saturated rings. The molecule has 0 unspecified atom stereocenters. The van der Waals surface area contributed by atoms with Gasteiger partial charge >= 0.3 is 0 Å².